The summed E-state index contributed by atoms with van der Waals surface area (Å²) in [5, 5.41) is 1.12. The number of benzene rings is 3. The highest BCUT2D eigenvalue weighted by Crippen LogP contribution is 2.30. The standard InChI is InChI=1S/C22H13Cl2FN2O/c23-15-7-11-17(12-8-15)27-13-20(21(28)14-5-9-16(25)10-6-14)26-22(27)18-3-1-2-4-19(18)24/h1-13H. The Balaban J connectivity index is 1.87. The maximum atomic E-state index is 13.2. The van der Waals surface area contributed by atoms with E-state index in [0.29, 0.717) is 27.0 Å². The molecule has 28 heavy (non-hydrogen) atoms. The summed E-state index contributed by atoms with van der Waals surface area (Å²) in [6.07, 6.45) is 1.65. The van der Waals surface area contributed by atoms with E-state index >= 15 is 0 Å². The number of hydrogen-bond acceptors (Lipinski definition) is 2. The molecule has 0 aliphatic rings. The molecule has 0 radical (unpaired) electrons. The van der Waals surface area contributed by atoms with Crippen molar-refractivity contribution in [3.8, 4) is 17.1 Å². The molecule has 0 amide bonds. The number of aromatic nitrogens is 2. The molecule has 6 heteroatoms. The minimum absolute atomic E-state index is 0.233. The summed E-state index contributed by atoms with van der Waals surface area (Å²) in [5.74, 6) is -0.181. The topological polar surface area (TPSA) is 34.9 Å². The summed E-state index contributed by atoms with van der Waals surface area (Å²) in [6.45, 7) is 0. The number of imidazole rings is 1. The normalized spacial score (nSPS) is 10.8. The zero-order valence-corrected chi connectivity index (χ0v) is 16.0. The van der Waals surface area contributed by atoms with Gasteiger partial charge in [0.1, 0.15) is 17.3 Å². The van der Waals surface area contributed by atoms with E-state index < -0.39 is 5.82 Å². The first-order chi connectivity index (χ1) is 13.5. The zero-order chi connectivity index (χ0) is 19.7. The van der Waals surface area contributed by atoms with Crippen molar-refractivity contribution in [3.05, 3.63) is 106 Å². The van der Waals surface area contributed by atoms with Gasteiger partial charge in [0.25, 0.3) is 0 Å². The largest absolute Gasteiger partial charge is 0.299 e. The summed E-state index contributed by atoms with van der Waals surface area (Å²) in [4.78, 5) is 17.4. The second-order valence-electron chi connectivity index (χ2n) is 6.11. The van der Waals surface area contributed by atoms with E-state index in [4.69, 9.17) is 23.2 Å². The van der Waals surface area contributed by atoms with Crippen LogP contribution in [0.5, 0.6) is 0 Å². The van der Waals surface area contributed by atoms with Crippen LogP contribution >= 0.6 is 23.2 Å². The second kappa shape index (κ2) is 7.58. The molecule has 0 spiro atoms. The molecule has 0 fully saturated rings. The van der Waals surface area contributed by atoms with Crippen molar-refractivity contribution in [1.29, 1.82) is 0 Å². The monoisotopic (exact) mass is 410 g/mol. The van der Waals surface area contributed by atoms with Gasteiger partial charge in [-0.15, -0.1) is 0 Å². The van der Waals surface area contributed by atoms with Gasteiger partial charge in [-0.2, -0.15) is 0 Å². The molecule has 1 aromatic heterocycles. The zero-order valence-electron chi connectivity index (χ0n) is 14.4. The molecule has 3 nitrogen and oxygen atoms in total. The number of carbonyl (C=O) groups excluding carboxylic acids is 1. The number of carbonyl (C=O) groups is 1. The van der Waals surface area contributed by atoms with Crippen molar-refractivity contribution in [2.75, 3.05) is 0 Å². The van der Waals surface area contributed by atoms with E-state index in [0.717, 1.165) is 5.69 Å². The van der Waals surface area contributed by atoms with Gasteiger partial charge < -0.3 is 0 Å². The fourth-order valence-electron chi connectivity index (χ4n) is 2.87. The molecule has 0 saturated heterocycles. The molecule has 0 atom stereocenters. The first-order valence-corrected chi connectivity index (χ1v) is 9.19. The van der Waals surface area contributed by atoms with Crippen LogP contribution in [0, 0.1) is 5.82 Å². The van der Waals surface area contributed by atoms with Gasteiger partial charge in [-0.3, -0.25) is 9.36 Å². The van der Waals surface area contributed by atoms with E-state index in [9.17, 15) is 9.18 Å². The van der Waals surface area contributed by atoms with Crippen molar-refractivity contribution in [1.82, 2.24) is 9.55 Å². The second-order valence-corrected chi connectivity index (χ2v) is 6.96. The fraction of sp³-hybridized carbons (Fsp3) is 0. The average molecular weight is 411 g/mol. The van der Waals surface area contributed by atoms with Crippen molar-refractivity contribution in [2.45, 2.75) is 0 Å². The SMILES string of the molecule is O=C(c1ccc(F)cc1)c1cn(-c2ccc(Cl)cc2)c(-c2ccccc2Cl)n1. The van der Waals surface area contributed by atoms with Gasteiger partial charge in [-0.05, 0) is 60.7 Å². The number of rotatable bonds is 4. The molecule has 4 rings (SSSR count). The summed E-state index contributed by atoms with van der Waals surface area (Å²) in [5.41, 5.74) is 2.06. The predicted molar refractivity (Wildman–Crippen MR) is 109 cm³/mol. The third kappa shape index (κ3) is 3.57. The van der Waals surface area contributed by atoms with Gasteiger partial charge in [0.15, 0.2) is 0 Å². The first kappa shape index (κ1) is 18.4. The number of hydrogen-bond donors (Lipinski definition) is 0. The van der Waals surface area contributed by atoms with Crippen LogP contribution in [0.25, 0.3) is 17.1 Å². The Morgan fingerprint density at radius 3 is 2.25 bits per heavy atom. The van der Waals surface area contributed by atoms with Crippen molar-refractivity contribution < 1.29 is 9.18 Å². The molecule has 0 bridgehead atoms. The summed E-state index contributed by atoms with van der Waals surface area (Å²) >= 11 is 12.4. The van der Waals surface area contributed by atoms with Crippen LogP contribution in [0.1, 0.15) is 16.1 Å². The lowest BCUT2D eigenvalue weighted by atomic mass is 10.1. The predicted octanol–water partition coefficient (Wildman–Crippen LogP) is 6.22. The molecule has 0 aliphatic heterocycles. The van der Waals surface area contributed by atoms with Crippen LogP contribution in [-0.4, -0.2) is 15.3 Å². The lowest BCUT2D eigenvalue weighted by Crippen LogP contribution is -2.01. The smallest absolute Gasteiger partial charge is 0.212 e. The summed E-state index contributed by atoms with van der Waals surface area (Å²) < 4.78 is 15.0. The van der Waals surface area contributed by atoms with E-state index in [1.54, 1.807) is 29.0 Å². The van der Waals surface area contributed by atoms with E-state index in [1.807, 2.05) is 30.3 Å². The third-order valence-electron chi connectivity index (χ3n) is 4.26. The Kier molecular flexibility index (Phi) is 4.99. The van der Waals surface area contributed by atoms with E-state index in [-0.39, 0.29) is 11.5 Å². The van der Waals surface area contributed by atoms with Crippen LogP contribution in [0.3, 0.4) is 0 Å². The number of nitrogens with zero attached hydrogens (tertiary/aromatic N) is 2. The fourth-order valence-corrected chi connectivity index (χ4v) is 3.22. The Morgan fingerprint density at radius 1 is 0.893 bits per heavy atom. The van der Waals surface area contributed by atoms with Gasteiger partial charge in [-0.25, -0.2) is 9.37 Å². The molecule has 4 aromatic rings. The van der Waals surface area contributed by atoms with Crippen molar-refractivity contribution in [3.63, 3.8) is 0 Å². The molecule has 1 heterocycles. The van der Waals surface area contributed by atoms with Gasteiger partial charge in [-0.1, -0.05) is 35.3 Å². The lowest BCUT2D eigenvalue weighted by molar-refractivity contribution is 0.103. The molecule has 0 saturated carbocycles. The molecular formula is C22H13Cl2FN2O. The van der Waals surface area contributed by atoms with Crippen LogP contribution in [0.15, 0.2) is 79.0 Å². The highest BCUT2D eigenvalue weighted by molar-refractivity contribution is 6.33. The first-order valence-electron chi connectivity index (χ1n) is 8.43. The van der Waals surface area contributed by atoms with Gasteiger partial charge in [0, 0.05) is 28.0 Å². The Morgan fingerprint density at radius 2 is 1.57 bits per heavy atom. The lowest BCUT2D eigenvalue weighted by Gasteiger charge is -2.09. The molecular weight excluding hydrogens is 398 g/mol. The van der Waals surface area contributed by atoms with Crippen LogP contribution < -0.4 is 0 Å². The highest BCUT2D eigenvalue weighted by atomic mass is 35.5. The molecule has 0 aliphatic carbocycles. The maximum Gasteiger partial charge on any atom is 0.212 e. The molecule has 3 aromatic carbocycles. The number of halogens is 3. The quantitative estimate of drug-likeness (QED) is 0.374. The average Bonchev–Trinajstić information content (AvgIpc) is 3.14. The maximum absolute atomic E-state index is 13.2. The Labute approximate surface area is 171 Å². The van der Waals surface area contributed by atoms with Gasteiger partial charge in [0.05, 0.1) is 5.02 Å². The van der Waals surface area contributed by atoms with E-state index in [2.05, 4.69) is 4.98 Å². The van der Waals surface area contributed by atoms with E-state index in [1.165, 1.54) is 24.3 Å². The summed E-state index contributed by atoms with van der Waals surface area (Å²) in [7, 11) is 0. The number of ketones is 1. The van der Waals surface area contributed by atoms with Crippen molar-refractivity contribution in [2.24, 2.45) is 0 Å². The molecule has 0 N–H and O–H groups in total. The van der Waals surface area contributed by atoms with Crippen LogP contribution in [-0.2, 0) is 0 Å². The third-order valence-corrected chi connectivity index (χ3v) is 4.85. The molecule has 138 valence electrons. The van der Waals surface area contributed by atoms with Crippen LogP contribution in [0.2, 0.25) is 10.0 Å². The minimum atomic E-state index is -0.403. The minimum Gasteiger partial charge on any atom is -0.299 e. The van der Waals surface area contributed by atoms with Gasteiger partial charge >= 0.3 is 0 Å². The molecule has 0 unspecified atom stereocenters. The highest BCUT2D eigenvalue weighted by Gasteiger charge is 2.19. The van der Waals surface area contributed by atoms with Crippen molar-refractivity contribution >= 4 is 29.0 Å². The summed E-state index contributed by atoms with van der Waals surface area (Å²) in [6, 6.07) is 19.8. The van der Waals surface area contributed by atoms with Crippen LogP contribution in [0.4, 0.5) is 4.39 Å². The van der Waals surface area contributed by atoms with Gasteiger partial charge in [0.2, 0.25) is 5.78 Å². The Bertz CT molecular complexity index is 1150. The Hall–Kier alpha value is -2.95.